The number of nitriles is 1. The van der Waals surface area contributed by atoms with E-state index in [1.54, 1.807) is 12.3 Å². The molecule has 0 aliphatic carbocycles. The predicted molar refractivity (Wildman–Crippen MR) is 98.1 cm³/mol. The van der Waals surface area contributed by atoms with Crippen molar-refractivity contribution in [2.45, 2.75) is 0 Å². The second-order valence-corrected chi connectivity index (χ2v) is 6.01. The summed E-state index contributed by atoms with van der Waals surface area (Å²) in [6.45, 7) is 0. The van der Waals surface area contributed by atoms with Crippen LogP contribution in [0.4, 0.5) is 0 Å². The molecular formula is C22H12N2. The van der Waals surface area contributed by atoms with E-state index in [1.807, 2.05) is 6.07 Å². The van der Waals surface area contributed by atoms with Crippen LogP contribution in [0.25, 0.3) is 43.6 Å². The first kappa shape index (κ1) is 13.0. The molecule has 0 aliphatic heterocycles. The highest BCUT2D eigenvalue weighted by atomic mass is 14.7. The lowest BCUT2D eigenvalue weighted by molar-refractivity contribution is 1.31. The Bertz CT molecular complexity index is 1250. The highest BCUT2D eigenvalue weighted by Crippen LogP contribution is 2.38. The molecule has 0 radical (unpaired) electrons. The van der Waals surface area contributed by atoms with Crippen LogP contribution in [0.2, 0.25) is 0 Å². The van der Waals surface area contributed by atoms with E-state index in [0.29, 0.717) is 5.56 Å². The van der Waals surface area contributed by atoms with Gasteiger partial charge in [-0.05, 0) is 44.5 Å². The van der Waals surface area contributed by atoms with Crippen LogP contribution in [0.3, 0.4) is 0 Å². The topological polar surface area (TPSA) is 36.7 Å². The Kier molecular flexibility index (Phi) is 2.60. The second kappa shape index (κ2) is 4.78. The van der Waals surface area contributed by atoms with Crippen LogP contribution >= 0.6 is 0 Å². The molecule has 0 amide bonds. The van der Waals surface area contributed by atoms with Crippen molar-refractivity contribution in [3.8, 4) is 17.3 Å². The van der Waals surface area contributed by atoms with Gasteiger partial charge in [-0.2, -0.15) is 5.26 Å². The van der Waals surface area contributed by atoms with Crippen molar-refractivity contribution in [3.63, 3.8) is 0 Å². The molecule has 0 fully saturated rings. The lowest BCUT2D eigenvalue weighted by atomic mass is 9.91. The standard InChI is InChI=1S/C22H12N2/c23-13-14-10-11-24-20(12-14)18-8-6-17-5-4-15-2-1-3-16-7-9-19(18)22(17)21(15)16/h1-12H. The average Bonchev–Trinajstić information content (AvgIpc) is 2.66. The molecule has 5 rings (SSSR count). The van der Waals surface area contributed by atoms with E-state index in [0.717, 1.165) is 11.3 Å². The van der Waals surface area contributed by atoms with Crippen LogP contribution < -0.4 is 0 Å². The summed E-state index contributed by atoms with van der Waals surface area (Å²) in [4.78, 5) is 4.49. The first-order chi connectivity index (χ1) is 11.8. The van der Waals surface area contributed by atoms with E-state index in [4.69, 9.17) is 5.26 Å². The van der Waals surface area contributed by atoms with Gasteiger partial charge in [0.2, 0.25) is 0 Å². The summed E-state index contributed by atoms with van der Waals surface area (Å²) >= 11 is 0. The lowest BCUT2D eigenvalue weighted by Crippen LogP contribution is -1.89. The molecule has 0 spiro atoms. The smallest absolute Gasteiger partial charge is 0.0992 e. The molecule has 110 valence electrons. The Morgan fingerprint density at radius 3 is 2.25 bits per heavy atom. The molecule has 1 heterocycles. The Labute approximate surface area is 138 Å². The monoisotopic (exact) mass is 304 g/mol. The van der Waals surface area contributed by atoms with Crippen LogP contribution in [-0.2, 0) is 0 Å². The molecule has 0 unspecified atom stereocenters. The van der Waals surface area contributed by atoms with Gasteiger partial charge in [0.25, 0.3) is 0 Å². The first-order valence-corrected chi connectivity index (χ1v) is 7.88. The fourth-order valence-electron chi connectivity index (χ4n) is 3.61. The van der Waals surface area contributed by atoms with Gasteiger partial charge < -0.3 is 0 Å². The van der Waals surface area contributed by atoms with Crippen molar-refractivity contribution >= 4 is 32.3 Å². The third kappa shape index (κ3) is 1.73. The highest BCUT2D eigenvalue weighted by molar-refractivity contribution is 6.25. The van der Waals surface area contributed by atoms with Crippen LogP contribution in [0.5, 0.6) is 0 Å². The number of benzene rings is 4. The summed E-state index contributed by atoms with van der Waals surface area (Å²) in [5, 5.41) is 16.6. The highest BCUT2D eigenvalue weighted by Gasteiger charge is 2.12. The number of nitrogens with zero attached hydrogens (tertiary/aromatic N) is 2. The Morgan fingerprint density at radius 2 is 1.46 bits per heavy atom. The van der Waals surface area contributed by atoms with Gasteiger partial charge in [0.05, 0.1) is 17.3 Å². The average molecular weight is 304 g/mol. The largest absolute Gasteiger partial charge is 0.256 e. The van der Waals surface area contributed by atoms with Crippen molar-refractivity contribution < 1.29 is 0 Å². The minimum Gasteiger partial charge on any atom is -0.256 e. The molecule has 4 aromatic carbocycles. The summed E-state index contributed by atoms with van der Waals surface area (Å²) < 4.78 is 0. The normalized spacial score (nSPS) is 11.3. The van der Waals surface area contributed by atoms with Gasteiger partial charge in [0, 0.05) is 11.8 Å². The predicted octanol–water partition coefficient (Wildman–Crippen LogP) is 5.52. The Balaban J connectivity index is 1.95. The van der Waals surface area contributed by atoms with E-state index in [-0.39, 0.29) is 0 Å². The quantitative estimate of drug-likeness (QED) is 0.382. The van der Waals surface area contributed by atoms with Crippen LogP contribution in [0.1, 0.15) is 5.56 Å². The molecule has 0 saturated heterocycles. The van der Waals surface area contributed by atoms with E-state index in [2.05, 4.69) is 65.7 Å². The maximum atomic E-state index is 9.17. The van der Waals surface area contributed by atoms with E-state index in [9.17, 15) is 0 Å². The van der Waals surface area contributed by atoms with Gasteiger partial charge >= 0.3 is 0 Å². The SMILES string of the molecule is N#Cc1ccnc(-c2ccc3ccc4cccc5ccc2c3c45)c1. The van der Waals surface area contributed by atoms with Gasteiger partial charge in [0.1, 0.15) is 0 Å². The number of aromatic nitrogens is 1. The number of hydrogen-bond donors (Lipinski definition) is 0. The minimum absolute atomic E-state index is 0.630. The van der Waals surface area contributed by atoms with Gasteiger partial charge in [0.15, 0.2) is 0 Å². The van der Waals surface area contributed by atoms with E-state index >= 15 is 0 Å². The van der Waals surface area contributed by atoms with Crippen molar-refractivity contribution in [1.82, 2.24) is 4.98 Å². The molecule has 0 bridgehead atoms. The molecule has 5 aromatic rings. The molecule has 1 aromatic heterocycles. The van der Waals surface area contributed by atoms with E-state index < -0.39 is 0 Å². The number of rotatable bonds is 1. The summed E-state index contributed by atoms with van der Waals surface area (Å²) in [5.74, 6) is 0. The number of hydrogen-bond acceptors (Lipinski definition) is 2. The zero-order valence-electron chi connectivity index (χ0n) is 12.8. The van der Waals surface area contributed by atoms with Crippen molar-refractivity contribution in [1.29, 1.82) is 5.26 Å². The fourth-order valence-corrected chi connectivity index (χ4v) is 3.61. The maximum absolute atomic E-state index is 9.17. The van der Waals surface area contributed by atoms with Crippen molar-refractivity contribution in [2.75, 3.05) is 0 Å². The van der Waals surface area contributed by atoms with Crippen molar-refractivity contribution in [3.05, 3.63) is 78.5 Å². The molecular weight excluding hydrogens is 292 g/mol. The van der Waals surface area contributed by atoms with Crippen molar-refractivity contribution in [2.24, 2.45) is 0 Å². The Morgan fingerprint density at radius 1 is 0.750 bits per heavy atom. The summed E-state index contributed by atoms with van der Waals surface area (Å²) in [7, 11) is 0. The van der Waals surface area contributed by atoms with Crippen LogP contribution in [-0.4, -0.2) is 4.98 Å². The maximum Gasteiger partial charge on any atom is 0.0992 e. The second-order valence-electron chi connectivity index (χ2n) is 6.01. The summed E-state index contributed by atoms with van der Waals surface area (Å²) in [6.07, 6.45) is 1.70. The third-order valence-electron chi connectivity index (χ3n) is 4.69. The molecule has 0 atom stereocenters. The van der Waals surface area contributed by atoms with Gasteiger partial charge in [-0.15, -0.1) is 0 Å². The molecule has 24 heavy (non-hydrogen) atoms. The fraction of sp³-hybridized carbons (Fsp3) is 0. The minimum atomic E-state index is 0.630. The molecule has 2 heteroatoms. The van der Waals surface area contributed by atoms with Crippen LogP contribution in [0, 0.1) is 11.3 Å². The molecule has 0 saturated carbocycles. The zero-order chi connectivity index (χ0) is 16.1. The van der Waals surface area contributed by atoms with Gasteiger partial charge in [-0.3, -0.25) is 4.98 Å². The van der Waals surface area contributed by atoms with E-state index in [1.165, 1.54) is 32.3 Å². The molecule has 0 N–H and O–H groups in total. The Hall–Kier alpha value is -3.44. The first-order valence-electron chi connectivity index (χ1n) is 7.88. The van der Waals surface area contributed by atoms with Gasteiger partial charge in [-0.1, -0.05) is 54.6 Å². The van der Waals surface area contributed by atoms with Gasteiger partial charge in [-0.25, -0.2) is 0 Å². The molecule has 0 aliphatic rings. The van der Waals surface area contributed by atoms with Crippen LogP contribution in [0.15, 0.2) is 72.9 Å². The summed E-state index contributed by atoms with van der Waals surface area (Å²) in [6, 6.07) is 25.1. The number of pyridine rings is 1. The third-order valence-corrected chi connectivity index (χ3v) is 4.69. The molecule has 2 nitrogen and oxygen atoms in total. The summed E-state index contributed by atoms with van der Waals surface area (Å²) in [5.41, 5.74) is 2.54. The lowest BCUT2D eigenvalue weighted by Gasteiger charge is -2.13. The zero-order valence-corrected chi connectivity index (χ0v) is 12.8.